The zero-order chi connectivity index (χ0) is 11.6. The van der Waals surface area contributed by atoms with Gasteiger partial charge in [0, 0.05) is 11.8 Å². The minimum Gasteiger partial charge on any atom is -0.387 e. The predicted octanol–water partition coefficient (Wildman–Crippen LogP) is 1.04. The zero-order valence-electron chi connectivity index (χ0n) is 7.94. The first-order valence-corrected chi connectivity index (χ1v) is 6.16. The quantitative estimate of drug-likeness (QED) is 0.853. The van der Waals surface area contributed by atoms with Crippen molar-refractivity contribution in [3.05, 3.63) is 35.4 Å². The summed E-state index contributed by atoms with van der Waals surface area (Å²) in [7, 11) is -3.44. The molecule has 1 N–H and O–H groups in total. The SMILES string of the molecule is CS(=O)(=O)CC(O)c1cc(F)ccc1F. The van der Waals surface area contributed by atoms with Gasteiger partial charge in [0.25, 0.3) is 0 Å². The molecular formula is C9H10F2O3S. The second-order valence-corrected chi connectivity index (χ2v) is 5.46. The molecule has 1 atom stereocenters. The minimum atomic E-state index is -3.44. The van der Waals surface area contributed by atoms with Crippen LogP contribution in [0.2, 0.25) is 0 Å². The lowest BCUT2D eigenvalue weighted by molar-refractivity contribution is 0.196. The third-order valence-corrected chi connectivity index (χ3v) is 2.70. The smallest absolute Gasteiger partial charge is 0.150 e. The number of sulfone groups is 1. The monoisotopic (exact) mass is 236 g/mol. The number of hydrogen-bond acceptors (Lipinski definition) is 3. The summed E-state index contributed by atoms with van der Waals surface area (Å²) < 4.78 is 47.5. The van der Waals surface area contributed by atoms with Gasteiger partial charge in [0.05, 0.1) is 11.9 Å². The first-order chi connectivity index (χ1) is 6.79. The summed E-state index contributed by atoms with van der Waals surface area (Å²) in [5.74, 6) is -2.18. The molecule has 0 aliphatic carbocycles. The predicted molar refractivity (Wildman–Crippen MR) is 51.0 cm³/mol. The topological polar surface area (TPSA) is 54.4 Å². The van der Waals surface area contributed by atoms with E-state index >= 15 is 0 Å². The summed E-state index contributed by atoms with van der Waals surface area (Å²) in [5.41, 5.74) is -0.347. The molecule has 1 unspecified atom stereocenters. The van der Waals surface area contributed by atoms with Crippen LogP contribution in [0.5, 0.6) is 0 Å². The largest absolute Gasteiger partial charge is 0.387 e. The van der Waals surface area contributed by atoms with Crippen LogP contribution in [0.25, 0.3) is 0 Å². The van der Waals surface area contributed by atoms with Crippen molar-refractivity contribution in [3.63, 3.8) is 0 Å². The molecule has 0 aliphatic rings. The Labute approximate surface area is 86.3 Å². The van der Waals surface area contributed by atoms with E-state index in [1.165, 1.54) is 0 Å². The van der Waals surface area contributed by atoms with Crippen LogP contribution in [0.15, 0.2) is 18.2 Å². The number of hydrogen-bond donors (Lipinski definition) is 1. The zero-order valence-corrected chi connectivity index (χ0v) is 8.76. The summed E-state index contributed by atoms with van der Waals surface area (Å²) in [6.45, 7) is 0. The molecule has 0 aromatic heterocycles. The Morgan fingerprint density at radius 2 is 2.00 bits per heavy atom. The molecule has 0 saturated heterocycles. The third kappa shape index (κ3) is 3.56. The van der Waals surface area contributed by atoms with Crippen molar-refractivity contribution in [1.29, 1.82) is 0 Å². The number of benzene rings is 1. The van der Waals surface area contributed by atoms with Crippen LogP contribution in [0.1, 0.15) is 11.7 Å². The maximum atomic E-state index is 13.1. The van der Waals surface area contributed by atoms with Crippen LogP contribution >= 0.6 is 0 Å². The van der Waals surface area contributed by atoms with Gasteiger partial charge < -0.3 is 5.11 Å². The molecule has 0 heterocycles. The van der Waals surface area contributed by atoms with Crippen LogP contribution in [0.4, 0.5) is 8.78 Å². The standard InChI is InChI=1S/C9H10F2O3S/c1-15(13,14)5-9(12)7-4-6(10)2-3-8(7)11/h2-4,9,12H,5H2,1H3. The van der Waals surface area contributed by atoms with E-state index in [9.17, 15) is 22.3 Å². The Kier molecular flexibility index (Phi) is 3.41. The molecule has 1 aromatic rings. The second-order valence-electron chi connectivity index (χ2n) is 3.27. The molecule has 0 saturated carbocycles. The fraction of sp³-hybridized carbons (Fsp3) is 0.333. The van der Waals surface area contributed by atoms with Crippen LogP contribution < -0.4 is 0 Å². The highest BCUT2D eigenvalue weighted by molar-refractivity contribution is 7.90. The highest BCUT2D eigenvalue weighted by Crippen LogP contribution is 2.19. The summed E-state index contributed by atoms with van der Waals surface area (Å²) in [4.78, 5) is 0. The van der Waals surface area contributed by atoms with Crippen LogP contribution in [0, 0.1) is 11.6 Å². The molecule has 6 heteroatoms. The van der Waals surface area contributed by atoms with Crippen molar-refractivity contribution in [3.8, 4) is 0 Å². The number of aliphatic hydroxyl groups is 1. The molecule has 1 aromatic carbocycles. The summed E-state index contributed by atoms with van der Waals surface area (Å²) in [5, 5.41) is 9.38. The Balaban J connectivity index is 3.00. The van der Waals surface area contributed by atoms with Crippen molar-refractivity contribution >= 4 is 9.84 Å². The lowest BCUT2D eigenvalue weighted by Gasteiger charge is -2.10. The molecular weight excluding hydrogens is 226 g/mol. The van der Waals surface area contributed by atoms with Crippen LogP contribution in [-0.4, -0.2) is 25.5 Å². The summed E-state index contributed by atoms with van der Waals surface area (Å²) in [6.07, 6.45) is -0.636. The second kappa shape index (κ2) is 4.24. The Hall–Kier alpha value is -1.01. The minimum absolute atomic E-state index is 0.347. The van der Waals surface area contributed by atoms with E-state index in [2.05, 4.69) is 0 Å². The van der Waals surface area contributed by atoms with Gasteiger partial charge >= 0.3 is 0 Å². The van der Waals surface area contributed by atoms with E-state index in [0.29, 0.717) is 0 Å². The van der Waals surface area contributed by atoms with Gasteiger partial charge in [0.2, 0.25) is 0 Å². The van der Waals surface area contributed by atoms with E-state index < -0.39 is 33.3 Å². The number of rotatable bonds is 3. The molecule has 0 spiro atoms. The Morgan fingerprint density at radius 3 is 2.53 bits per heavy atom. The van der Waals surface area contributed by atoms with Crippen LogP contribution in [-0.2, 0) is 9.84 Å². The van der Waals surface area contributed by atoms with Gasteiger partial charge in [-0.15, -0.1) is 0 Å². The van der Waals surface area contributed by atoms with Crippen molar-refractivity contribution < 1.29 is 22.3 Å². The molecule has 15 heavy (non-hydrogen) atoms. The van der Waals surface area contributed by atoms with Crippen molar-refractivity contribution in [2.24, 2.45) is 0 Å². The van der Waals surface area contributed by atoms with E-state index in [-0.39, 0.29) is 5.56 Å². The average Bonchev–Trinajstić information content (AvgIpc) is 2.06. The lowest BCUT2D eigenvalue weighted by atomic mass is 10.1. The van der Waals surface area contributed by atoms with Gasteiger partial charge in [-0.25, -0.2) is 17.2 Å². The van der Waals surface area contributed by atoms with Crippen molar-refractivity contribution in [1.82, 2.24) is 0 Å². The van der Waals surface area contributed by atoms with E-state index in [4.69, 9.17) is 0 Å². The van der Waals surface area contributed by atoms with E-state index in [1.54, 1.807) is 0 Å². The van der Waals surface area contributed by atoms with Gasteiger partial charge in [0.1, 0.15) is 21.5 Å². The Morgan fingerprint density at radius 1 is 1.40 bits per heavy atom. The van der Waals surface area contributed by atoms with E-state index in [0.717, 1.165) is 24.5 Å². The van der Waals surface area contributed by atoms with Gasteiger partial charge in [-0.05, 0) is 18.2 Å². The summed E-state index contributed by atoms with van der Waals surface area (Å²) >= 11 is 0. The first-order valence-electron chi connectivity index (χ1n) is 4.10. The maximum absolute atomic E-state index is 13.1. The third-order valence-electron chi connectivity index (χ3n) is 1.78. The average molecular weight is 236 g/mol. The molecule has 1 rings (SSSR count). The summed E-state index contributed by atoms with van der Waals surface area (Å²) in [6, 6.07) is 2.52. The van der Waals surface area contributed by atoms with Crippen LogP contribution in [0.3, 0.4) is 0 Å². The van der Waals surface area contributed by atoms with E-state index in [1.807, 2.05) is 0 Å². The fourth-order valence-electron chi connectivity index (χ4n) is 1.15. The molecule has 3 nitrogen and oxygen atoms in total. The van der Waals surface area contributed by atoms with Crippen molar-refractivity contribution in [2.75, 3.05) is 12.0 Å². The lowest BCUT2D eigenvalue weighted by Crippen LogP contribution is -2.14. The molecule has 0 amide bonds. The molecule has 0 bridgehead atoms. The first kappa shape index (κ1) is 12.1. The fourth-order valence-corrected chi connectivity index (χ4v) is 1.90. The van der Waals surface area contributed by atoms with Gasteiger partial charge in [-0.2, -0.15) is 0 Å². The molecule has 0 fully saturated rings. The number of aliphatic hydroxyl groups excluding tert-OH is 1. The highest BCUT2D eigenvalue weighted by Gasteiger charge is 2.18. The van der Waals surface area contributed by atoms with Gasteiger partial charge in [-0.3, -0.25) is 0 Å². The van der Waals surface area contributed by atoms with Crippen molar-refractivity contribution in [2.45, 2.75) is 6.10 Å². The Bertz CT molecular complexity index is 456. The molecule has 84 valence electrons. The maximum Gasteiger partial charge on any atom is 0.150 e. The molecule has 0 aliphatic heterocycles. The van der Waals surface area contributed by atoms with Gasteiger partial charge in [-0.1, -0.05) is 0 Å². The number of halogens is 2. The molecule has 0 radical (unpaired) electrons. The van der Waals surface area contributed by atoms with Gasteiger partial charge in [0.15, 0.2) is 0 Å². The highest BCUT2D eigenvalue weighted by atomic mass is 32.2. The normalized spacial score (nSPS) is 13.9.